The molecule has 2 heterocycles. The highest BCUT2D eigenvalue weighted by Gasteiger charge is 2.17. The SMILES string of the molecule is CCCc1nc2c(N)nc3cc(Br)ccc3c2n1CC(C)C. The molecule has 0 aliphatic heterocycles. The van der Waals surface area contributed by atoms with Gasteiger partial charge in [-0.2, -0.15) is 0 Å². The van der Waals surface area contributed by atoms with Gasteiger partial charge in [0, 0.05) is 22.8 Å². The highest BCUT2D eigenvalue weighted by Crippen LogP contribution is 2.31. The molecule has 0 aliphatic carbocycles. The minimum absolute atomic E-state index is 0.514. The number of aryl methyl sites for hydroxylation is 1. The molecule has 3 rings (SSSR count). The van der Waals surface area contributed by atoms with Crippen LogP contribution in [0.3, 0.4) is 0 Å². The van der Waals surface area contributed by atoms with Gasteiger partial charge >= 0.3 is 0 Å². The summed E-state index contributed by atoms with van der Waals surface area (Å²) >= 11 is 3.51. The lowest BCUT2D eigenvalue weighted by molar-refractivity contribution is 0.516. The van der Waals surface area contributed by atoms with Crippen LogP contribution < -0.4 is 5.73 Å². The summed E-state index contributed by atoms with van der Waals surface area (Å²) < 4.78 is 3.34. The predicted molar refractivity (Wildman–Crippen MR) is 96.0 cm³/mol. The fourth-order valence-corrected chi connectivity index (χ4v) is 3.26. The van der Waals surface area contributed by atoms with Crippen LogP contribution in [0.5, 0.6) is 0 Å². The van der Waals surface area contributed by atoms with Crippen LogP contribution in [0.2, 0.25) is 0 Å². The van der Waals surface area contributed by atoms with E-state index in [1.54, 1.807) is 0 Å². The van der Waals surface area contributed by atoms with Crippen molar-refractivity contribution in [3.05, 3.63) is 28.5 Å². The first-order chi connectivity index (χ1) is 10.5. The second kappa shape index (κ2) is 5.88. The first-order valence-electron chi connectivity index (χ1n) is 7.75. The Bertz CT molecular complexity index is 836. The zero-order chi connectivity index (χ0) is 15.9. The number of benzene rings is 1. The van der Waals surface area contributed by atoms with Crippen molar-refractivity contribution in [2.24, 2.45) is 5.92 Å². The van der Waals surface area contributed by atoms with Gasteiger partial charge in [0.25, 0.3) is 0 Å². The van der Waals surface area contributed by atoms with Crippen molar-refractivity contribution in [3.8, 4) is 0 Å². The molecule has 0 saturated heterocycles. The molecule has 22 heavy (non-hydrogen) atoms. The third kappa shape index (κ3) is 2.58. The first kappa shape index (κ1) is 15.3. The molecular formula is C17H21BrN4. The zero-order valence-electron chi connectivity index (χ0n) is 13.2. The standard InChI is InChI=1S/C17H21BrN4/c1-4-5-14-21-15-16(22(14)9-10(2)3)12-7-6-11(18)8-13(12)20-17(15)19/h6-8,10H,4-5,9H2,1-3H3,(H2,19,20). The van der Waals surface area contributed by atoms with Gasteiger partial charge in [-0.3, -0.25) is 0 Å². The molecule has 0 saturated carbocycles. The fourth-order valence-electron chi connectivity index (χ4n) is 2.91. The summed E-state index contributed by atoms with van der Waals surface area (Å²) in [5.41, 5.74) is 9.04. The van der Waals surface area contributed by atoms with Gasteiger partial charge in [-0.15, -0.1) is 0 Å². The summed E-state index contributed by atoms with van der Waals surface area (Å²) in [5.74, 6) is 2.17. The minimum atomic E-state index is 0.514. The topological polar surface area (TPSA) is 56.7 Å². The van der Waals surface area contributed by atoms with E-state index in [1.807, 2.05) is 12.1 Å². The Labute approximate surface area is 138 Å². The monoisotopic (exact) mass is 360 g/mol. The van der Waals surface area contributed by atoms with Crippen LogP contribution in [-0.2, 0) is 13.0 Å². The molecule has 3 aromatic rings. The number of nitrogens with two attached hydrogens (primary N) is 1. The van der Waals surface area contributed by atoms with Crippen molar-refractivity contribution in [2.75, 3.05) is 5.73 Å². The highest BCUT2D eigenvalue weighted by atomic mass is 79.9. The number of pyridine rings is 1. The average molecular weight is 361 g/mol. The van der Waals surface area contributed by atoms with E-state index in [1.165, 1.54) is 0 Å². The molecule has 0 aliphatic rings. The normalized spacial score (nSPS) is 11.9. The highest BCUT2D eigenvalue weighted by molar-refractivity contribution is 9.10. The molecular weight excluding hydrogens is 340 g/mol. The number of hydrogen-bond acceptors (Lipinski definition) is 3. The smallest absolute Gasteiger partial charge is 0.152 e. The van der Waals surface area contributed by atoms with Crippen LogP contribution in [0.4, 0.5) is 5.82 Å². The van der Waals surface area contributed by atoms with Crippen molar-refractivity contribution in [1.29, 1.82) is 0 Å². The van der Waals surface area contributed by atoms with Gasteiger partial charge in [0.1, 0.15) is 11.3 Å². The van der Waals surface area contributed by atoms with E-state index in [4.69, 9.17) is 10.7 Å². The van der Waals surface area contributed by atoms with Crippen LogP contribution in [-0.4, -0.2) is 14.5 Å². The maximum atomic E-state index is 6.18. The number of imidazole rings is 1. The predicted octanol–water partition coefficient (Wildman–Crippen LogP) is 4.54. The molecule has 2 N–H and O–H groups in total. The Morgan fingerprint density at radius 3 is 2.73 bits per heavy atom. The maximum Gasteiger partial charge on any atom is 0.152 e. The molecule has 0 spiro atoms. The Morgan fingerprint density at radius 1 is 1.27 bits per heavy atom. The lowest BCUT2D eigenvalue weighted by Crippen LogP contribution is -2.09. The largest absolute Gasteiger partial charge is 0.382 e. The minimum Gasteiger partial charge on any atom is -0.382 e. The number of fused-ring (bicyclic) bond motifs is 3. The molecule has 1 aromatic carbocycles. The molecule has 0 amide bonds. The van der Waals surface area contributed by atoms with E-state index in [2.05, 4.69) is 52.3 Å². The molecule has 0 radical (unpaired) electrons. The molecule has 0 unspecified atom stereocenters. The number of halogens is 1. The second-order valence-corrected chi connectivity index (χ2v) is 7.05. The summed E-state index contributed by atoms with van der Waals surface area (Å²) in [7, 11) is 0. The van der Waals surface area contributed by atoms with Crippen molar-refractivity contribution >= 4 is 43.7 Å². The average Bonchev–Trinajstić information content (AvgIpc) is 2.78. The van der Waals surface area contributed by atoms with Gasteiger partial charge in [0.05, 0.1) is 11.0 Å². The lowest BCUT2D eigenvalue weighted by atomic mass is 10.1. The number of hydrogen-bond donors (Lipinski definition) is 1. The van der Waals surface area contributed by atoms with Crippen molar-refractivity contribution in [1.82, 2.24) is 14.5 Å². The fraction of sp³-hybridized carbons (Fsp3) is 0.412. The molecule has 4 nitrogen and oxygen atoms in total. The van der Waals surface area contributed by atoms with Crippen LogP contribution in [0.1, 0.15) is 33.0 Å². The van der Waals surface area contributed by atoms with Crippen LogP contribution in [0.15, 0.2) is 22.7 Å². The molecule has 116 valence electrons. The lowest BCUT2D eigenvalue weighted by Gasteiger charge is -2.13. The van der Waals surface area contributed by atoms with Crippen molar-refractivity contribution in [2.45, 2.75) is 40.2 Å². The summed E-state index contributed by atoms with van der Waals surface area (Å²) in [6.07, 6.45) is 2.02. The summed E-state index contributed by atoms with van der Waals surface area (Å²) in [6, 6.07) is 6.16. The van der Waals surface area contributed by atoms with Gasteiger partial charge in [-0.1, -0.05) is 36.7 Å². The maximum absolute atomic E-state index is 6.18. The molecule has 2 aromatic heterocycles. The van der Waals surface area contributed by atoms with E-state index in [-0.39, 0.29) is 0 Å². The van der Waals surface area contributed by atoms with Crippen molar-refractivity contribution in [3.63, 3.8) is 0 Å². The third-order valence-corrected chi connectivity index (χ3v) is 4.26. The Kier molecular flexibility index (Phi) is 4.08. The van der Waals surface area contributed by atoms with Gasteiger partial charge in [0.2, 0.25) is 0 Å². The van der Waals surface area contributed by atoms with Gasteiger partial charge in [-0.05, 0) is 30.5 Å². The quantitative estimate of drug-likeness (QED) is 0.742. The second-order valence-electron chi connectivity index (χ2n) is 6.14. The number of nitrogen functional groups attached to an aromatic ring is 1. The molecule has 0 fully saturated rings. The van der Waals surface area contributed by atoms with E-state index >= 15 is 0 Å². The Hall–Kier alpha value is -1.62. The number of anilines is 1. The number of rotatable bonds is 4. The molecule has 5 heteroatoms. The van der Waals surface area contributed by atoms with Gasteiger partial charge in [-0.25, -0.2) is 9.97 Å². The number of nitrogens with zero attached hydrogens (tertiary/aromatic N) is 3. The van der Waals surface area contributed by atoms with Crippen LogP contribution >= 0.6 is 15.9 Å². The first-order valence-corrected chi connectivity index (χ1v) is 8.54. The third-order valence-electron chi connectivity index (χ3n) is 3.77. The van der Waals surface area contributed by atoms with Gasteiger partial charge < -0.3 is 10.3 Å². The molecule has 0 bridgehead atoms. The van der Waals surface area contributed by atoms with Crippen LogP contribution in [0.25, 0.3) is 21.9 Å². The van der Waals surface area contributed by atoms with E-state index in [9.17, 15) is 0 Å². The summed E-state index contributed by atoms with van der Waals surface area (Å²) in [5, 5.41) is 1.11. The van der Waals surface area contributed by atoms with Gasteiger partial charge in [0.15, 0.2) is 5.82 Å². The molecule has 0 atom stereocenters. The van der Waals surface area contributed by atoms with E-state index in [0.717, 1.165) is 51.6 Å². The summed E-state index contributed by atoms with van der Waals surface area (Å²) in [6.45, 7) is 7.58. The number of aromatic nitrogens is 3. The van der Waals surface area contributed by atoms with E-state index < -0.39 is 0 Å². The Balaban J connectivity index is 2.40. The summed E-state index contributed by atoms with van der Waals surface area (Å²) in [4.78, 5) is 9.32. The Morgan fingerprint density at radius 2 is 2.05 bits per heavy atom. The zero-order valence-corrected chi connectivity index (χ0v) is 14.8. The van der Waals surface area contributed by atoms with Crippen LogP contribution in [0, 0.1) is 5.92 Å². The van der Waals surface area contributed by atoms with E-state index in [0.29, 0.717) is 11.7 Å². The van der Waals surface area contributed by atoms with Crippen molar-refractivity contribution < 1.29 is 0 Å².